The Balaban J connectivity index is 2.63. The number of nitrogens with two attached hydrogens (primary N) is 1. The normalized spacial score (nSPS) is 11.1. The van der Waals surface area contributed by atoms with Crippen molar-refractivity contribution in [2.24, 2.45) is 5.73 Å². The average molecular weight is 206 g/mol. The molecule has 0 bridgehead atoms. The molecule has 2 nitrogen and oxygen atoms in total. The Morgan fingerprint density at radius 1 is 1.29 bits per heavy atom. The van der Waals surface area contributed by atoms with Crippen molar-refractivity contribution in [1.82, 2.24) is 4.98 Å². The number of benzene rings is 1. The van der Waals surface area contributed by atoms with E-state index in [-0.39, 0.29) is 0 Å². The third-order valence-corrected chi connectivity index (χ3v) is 3.60. The number of thiazole rings is 1. The van der Waals surface area contributed by atoms with E-state index in [1.807, 2.05) is 0 Å². The van der Waals surface area contributed by atoms with Gasteiger partial charge in [-0.15, -0.1) is 11.3 Å². The van der Waals surface area contributed by atoms with Gasteiger partial charge in [0.15, 0.2) is 0 Å². The third kappa shape index (κ3) is 1.53. The highest BCUT2D eigenvalue weighted by molar-refractivity contribution is 7.18. The van der Waals surface area contributed by atoms with Crippen molar-refractivity contribution in [3.63, 3.8) is 0 Å². The molecule has 0 atom stereocenters. The van der Waals surface area contributed by atoms with Crippen LogP contribution in [0.5, 0.6) is 0 Å². The zero-order valence-electron chi connectivity index (χ0n) is 8.50. The molecule has 0 saturated carbocycles. The SMILES string of the molecule is Cc1ccc(C)c2sc(CCN)nc12. The topological polar surface area (TPSA) is 38.9 Å². The van der Waals surface area contributed by atoms with E-state index in [1.54, 1.807) is 11.3 Å². The van der Waals surface area contributed by atoms with E-state index in [0.717, 1.165) is 16.9 Å². The molecule has 14 heavy (non-hydrogen) atoms. The molecule has 0 fully saturated rings. The maximum Gasteiger partial charge on any atom is 0.0951 e. The number of hydrogen-bond donors (Lipinski definition) is 1. The molecule has 1 heterocycles. The van der Waals surface area contributed by atoms with Gasteiger partial charge in [-0.25, -0.2) is 4.98 Å². The Kier molecular flexibility index (Phi) is 2.52. The molecule has 0 amide bonds. The van der Waals surface area contributed by atoms with Crippen molar-refractivity contribution in [2.45, 2.75) is 20.3 Å². The van der Waals surface area contributed by atoms with Crippen LogP contribution in [0.1, 0.15) is 16.1 Å². The number of rotatable bonds is 2. The van der Waals surface area contributed by atoms with Gasteiger partial charge in [0.05, 0.1) is 15.2 Å². The van der Waals surface area contributed by atoms with Crippen LogP contribution < -0.4 is 5.73 Å². The van der Waals surface area contributed by atoms with Crippen LogP contribution >= 0.6 is 11.3 Å². The fourth-order valence-corrected chi connectivity index (χ4v) is 2.66. The van der Waals surface area contributed by atoms with Crippen LogP contribution in [0.4, 0.5) is 0 Å². The summed E-state index contributed by atoms with van der Waals surface area (Å²) in [6.07, 6.45) is 0.887. The first-order valence-corrected chi connectivity index (χ1v) is 5.59. The summed E-state index contributed by atoms with van der Waals surface area (Å²) in [6.45, 7) is 4.91. The molecule has 0 aliphatic carbocycles. The molecule has 2 aromatic rings. The number of fused-ring (bicyclic) bond motifs is 1. The van der Waals surface area contributed by atoms with Crippen molar-refractivity contribution >= 4 is 21.6 Å². The van der Waals surface area contributed by atoms with Crippen LogP contribution in [0.2, 0.25) is 0 Å². The molecule has 2 rings (SSSR count). The lowest BCUT2D eigenvalue weighted by atomic mass is 10.1. The standard InChI is InChI=1S/C11H14N2S/c1-7-3-4-8(2)11-10(7)13-9(14-11)5-6-12/h3-4H,5-6,12H2,1-2H3. The van der Waals surface area contributed by atoms with Gasteiger partial charge in [-0.05, 0) is 31.5 Å². The minimum Gasteiger partial charge on any atom is -0.330 e. The van der Waals surface area contributed by atoms with Crippen LogP contribution in [0, 0.1) is 13.8 Å². The number of hydrogen-bond acceptors (Lipinski definition) is 3. The molecular weight excluding hydrogens is 192 g/mol. The molecule has 3 heteroatoms. The van der Waals surface area contributed by atoms with Gasteiger partial charge in [0.1, 0.15) is 0 Å². The van der Waals surface area contributed by atoms with Crippen LogP contribution in [-0.4, -0.2) is 11.5 Å². The fraction of sp³-hybridized carbons (Fsp3) is 0.364. The maximum atomic E-state index is 5.53. The van der Waals surface area contributed by atoms with Crippen LogP contribution in [0.15, 0.2) is 12.1 Å². The number of aryl methyl sites for hydroxylation is 2. The van der Waals surface area contributed by atoms with Gasteiger partial charge in [-0.3, -0.25) is 0 Å². The average Bonchev–Trinajstić information content (AvgIpc) is 2.57. The molecule has 0 saturated heterocycles. The second-order valence-corrected chi connectivity index (χ2v) is 4.61. The molecule has 1 aromatic carbocycles. The van der Waals surface area contributed by atoms with Gasteiger partial charge in [0, 0.05) is 6.42 Å². The summed E-state index contributed by atoms with van der Waals surface area (Å²) in [5, 5.41) is 1.15. The molecule has 0 aliphatic rings. The van der Waals surface area contributed by atoms with Crippen LogP contribution in [0.3, 0.4) is 0 Å². The molecule has 1 aromatic heterocycles. The summed E-state index contributed by atoms with van der Waals surface area (Å²) in [7, 11) is 0. The Bertz CT molecular complexity index is 421. The monoisotopic (exact) mass is 206 g/mol. The predicted octanol–water partition coefficient (Wildman–Crippen LogP) is 2.41. The Morgan fingerprint density at radius 2 is 2.00 bits per heavy atom. The van der Waals surface area contributed by atoms with E-state index in [2.05, 4.69) is 31.0 Å². The second-order valence-electron chi connectivity index (χ2n) is 3.52. The summed E-state index contributed by atoms with van der Waals surface area (Å²) >= 11 is 1.77. The molecule has 74 valence electrons. The first-order chi connectivity index (χ1) is 6.72. The molecule has 2 N–H and O–H groups in total. The highest BCUT2D eigenvalue weighted by Gasteiger charge is 2.07. The van der Waals surface area contributed by atoms with Gasteiger partial charge >= 0.3 is 0 Å². The van der Waals surface area contributed by atoms with Crippen molar-refractivity contribution < 1.29 is 0 Å². The van der Waals surface area contributed by atoms with Gasteiger partial charge in [-0.1, -0.05) is 12.1 Å². The largest absolute Gasteiger partial charge is 0.330 e. The third-order valence-electron chi connectivity index (χ3n) is 2.34. The quantitative estimate of drug-likeness (QED) is 0.819. The van der Waals surface area contributed by atoms with E-state index in [1.165, 1.54) is 15.8 Å². The van der Waals surface area contributed by atoms with Crippen molar-refractivity contribution in [1.29, 1.82) is 0 Å². The molecule has 0 aliphatic heterocycles. The molecule has 0 radical (unpaired) electrons. The second kappa shape index (κ2) is 3.67. The number of nitrogens with zero attached hydrogens (tertiary/aromatic N) is 1. The first-order valence-electron chi connectivity index (χ1n) is 4.78. The summed E-state index contributed by atoms with van der Waals surface area (Å²) < 4.78 is 1.31. The Hall–Kier alpha value is -0.930. The van der Waals surface area contributed by atoms with E-state index in [4.69, 9.17) is 5.73 Å². The fourth-order valence-electron chi connectivity index (χ4n) is 1.53. The summed E-state index contributed by atoms with van der Waals surface area (Å²) in [6, 6.07) is 4.28. The molecule has 0 spiro atoms. The van der Waals surface area contributed by atoms with E-state index < -0.39 is 0 Å². The zero-order valence-corrected chi connectivity index (χ0v) is 9.32. The predicted molar refractivity (Wildman–Crippen MR) is 61.9 cm³/mol. The lowest BCUT2D eigenvalue weighted by Crippen LogP contribution is -2.01. The highest BCUT2D eigenvalue weighted by Crippen LogP contribution is 2.27. The van der Waals surface area contributed by atoms with Crippen LogP contribution in [-0.2, 0) is 6.42 Å². The van der Waals surface area contributed by atoms with E-state index in [0.29, 0.717) is 6.54 Å². The van der Waals surface area contributed by atoms with Crippen molar-refractivity contribution in [3.8, 4) is 0 Å². The van der Waals surface area contributed by atoms with Crippen molar-refractivity contribution in [2.75, 3.05) is 6.54 Å². The first kappa shape index (κ1) is 9.62. The molecule has 0 unspecified atom stereocenters. The smallest absolute Gasteiger partial charge is 0.0951 e. The maximum absolute atomic E-state index is 5.53. The minimum absolute atomic E-state index is 0.678. The Morgan fingerprint density at radius 3 is 2.64 bits per heavy atom. The minimum atomic E-state index is 0.678. The summed E-state index contributed by atoms with van der Waals surface area (Å²) in [4.78, 5) is 4.60. The van der Waals surface area contributed by atoms with Gasteiger partial charge in [0.25, 0.3) is 0 Å². The van der Waals surface area contributed by atoms with Gasteiger partial charge in [-0.2, -0.15) is 0 Å². The van der Waals surface area contributed by atoms with E-state index >= 15 is 0 Å². The van der Waals surface area contributed by atoms with Gasteiger partial charge < -0.3 is 5.73 Å². The lowest BCUT2D eigenvalue weighted by molar-refractivity contribution is 0.957. The van der Waals surface area contributed by atoms with Crippen molar-refractivity contribution in [3.05, 3.63) is 28.3 Å². The highest BCUT2D eigenvalue weighted by atomic mass is 32.1. The summed E-state index contributed by atoms with van der Waals surface area (Å²) in [5.41, 5.74) is 9.24. The van der Waals surface area contributed by atoms with Crippen LogP contribution in [0.25, 0.3) is 10.2 Å². The van der Waals surface area contributed by atoms with E-state index in [9.17, 15) is 0 Å². The molecular formula is C11H14N2S. The Labute approximate surface area is 87.8 Å². The lowest BCUT2D eigenvalue weighted by Gasteiger charge is -1.96. The van der Waals surface area contributed by atoms with Gasteiger partial charge in [0.2, 0.25) is 0 Å². The number of aromatic nitrogens is 1. The zero-order chi connectivity index (χ0) is 10.1. The summed E-state index contributed by atoms with van der Waals surface area (Å²) in [5.74, 6) is 0.